The Kier molecular flexibility index (Phi) is 5.62. The molecule has 0 aliphatic rings. The molecule has 7 heteroatoms. The molecule has 0 fully saturated rings. The van der Waals surface area contributed by atoms with E-state index >= 15 is 0 Å². The van der Waals surface area contributed by atoms with E-state index in [2.05, 4.69) is 9.59 Å². The van der Waals surface area contributed by atoms with Gasteiger partial charge in [0.2, 0.25) is 0 Å². The van der Waals surface area contributed by atoms with Crippen LogP contribution in [0, 0.1) is 0 Å². The summed E-state index contributed by atoms with van der Waals surface area (Å²) < 4.78 is 8.71. The van der Waals surface area contributed by atoms with Crippen LogP contribution in [-0.4, -0.2) is 46.6 Å². The lowest BCUT2D eigenvalue weighted by molar-refractivity contribution is -0.143. The van der Waals surface area contributed by atoms with E-state index in [1.807, 2.05) is 20.8 Å². The minimum atomic E-state index is -0.300. The minimum absolute atomic E-state index is 0.158. The van der Waals surface area contributed by atoms with E-state index in [1.165, 1.54) is 4.90 Å². The highest BCUT2D eigenvalue weighted by Crippen LogP contribution is 2.26. The van der Waals surface area contributed by atoms with Crippen LogP contribution in [0.15, 0.2) is 0 Å². The van der Waals surface area contributed by atoms with Crippen LogP contribution in [-0.2, 0) is 14.9 Å². The average Bonchev–Trinajstić information content (AvgIpc) is 2.84. The first kappa shape index (κ1) is 16.6. The maximum absolute atomic E-state index is 12.3. The SMILES string of the molecule is CCOC(=O)CCN(C)C(=O)c1snnc1C(C)(C)C. The molecule has 1 amide bonds. The van der Waals surface area contributed by atoms with E-state index in [9.17, 15) is 9.59 Å². The Bertz CT molecular complexity index is 479. The molecule has 0 aliphatic heterocycles. The monoisotopic (exact) mass is 299 g/mol. The van der Waals surface area contributed by atoms with Crippen LogP contribution in [0.3, 0.4) is 0 Å². The maximum atomic E-state index is 12.3. The topological polar surface area (TPSA) is 72.4 Å². The van der Waals surface area contributed by atoms with Crippen LogP contribution in [0.5, 0.6) is 0 Å². The molecule has 1 aromatic heterocycles. The molecule has 0 saturated heterocycles. The zero-order valence-electron chi connectivity index (χ0n) is 12.6. The first-order valence-corrected chi connectivity index (χ1v) is 7.28. The van der Waals surface area contributed by atoms with Crippen molar-refractivity contribution in [1.82, 2.24) is 14.5 Å². The van der Waals surface area contributed by atoms with Crippen molar-refractivity contribution < 1.29 is 14.3 Å². The minimum Gasteiger partial charge on any atom is -0.466 e. The molecule has 0 bridgehead atoms. The number of carbonyl (C=O) groups excluding carboxylic acids is 2. The Morgan fingerprint density at radius 3 is 2.55 bits per heavy atom. The highest BCUT2D eigenvalue weighted by molar-refractivity contribution is 7.08. The van der Waals surface area contributed by atoms with Crippen LogP contribution in [0.2, 0.25) is 0 Å². The smallest absolute Gasteiger partial charge is 0.307 e. The van der Waals surface area contributed by atoms with Gasteiger partial charge in [0.1, 0.15) is 4.88 Å². The highest BCUT2D eigenvalue weighted by atomic mass is 32.1. The number of rotatable bonds is 5. The zero-order chi connectivity index (χ0) is 15.3. The summed E-state index contributed by atoms with van der Waals surface area (Å²) in [4.78, 5) is 25.7. The summed E-state index contributed by atoms with van der Waals surface area (Å²) in [5, 5.41) is 4.04. The third-order valence-corrected chi connectivity index (χ3v) is 3.41. The Labute approximate surface area is 123 Å². The van der Waals surface area contributed by atoms with E-state index in [0.29, 0.717) is 23.7 Å². The molecular weight excluding hydrogens is 278 g/mol. The molecule has 0 unspecified atom stereocenters. The van der Waals surface area contributed by atoms with Gasteiger partial charge in [-0.15, -0.1) is 5.10 Å². The summed E-state index contributed by atoms with van der Waals surface area (Å²) in [7, 11) is 1.66. The average molecular weight is 299 g/mol. The molecule has 0 atom stereocenters. The van der Waals surface area contributed by atoms with Gasteiger partial charge in [0.05, 0.1) is 18.7 Å². The lowest BCUT2D eigenvalue weighted by Gasteiger charge is -2.20. The molecule has 0 N–H and O–H groups in total. The molecule has 0 radical (unpaired) electrons. The van der Waals surface area contributed by atoms with Gasteiger partial charge in [0, 0.05) is 19.0 Å². The van der Waals surface area contributed by atoms with Gasteiger partial charge in [-0.1, -0.05) is 25.3 Å². The molecule has 1 heterocycles. The van der Waals surface area contributed by atoms with Crippen molar-refractivity contribution in [2.24, 2.45) is 0 Å². The van der Waals surface area contributed by atoms with E-state index < -0.39 is 0 Å². The molecule has 0 saturated carbocycles. The Morgan fingerprint density at radius 1 is 1.35 bits per heavy atom. The normalized spacial score (nSPS) is 11.2. The van der Waals surface area contributed by atoms with Crippen LogP contribution >= 0.6 is 11.5 Å². The van der Waals surface area contributed by atoms with Gasteiger partial charge in [0.25, 0.3) is 5.91 Å². The standard InChI is InChI=1S/C13H21N3O3S/c1-6-19-9(17)7-8-16(5)12(18)10-11(13(2,3)4)14-15-20-10/h6-8H2,1-5H3. The molecule has 0 aliphatic carbocycles. The van der Waals surface area contributed by atoms with Gasteiger partial charge in [-0.3, -0.25) is 9.59 Å². The molecule has 20 heavy (non-hydrogen) atoms. The van der Waals surface area contributed by atoms with E-state index in [-0.39, 0.29) is 23.7 Å². The summed E-state index contributed by atoms with van der Waals surface area (Å²) in [6.07, 6.45) is 0.188. The van der Waals surface area contributed by atoms with Gasteiger partial charge in [-0.05, 0) is 18.5 Å². The fraction of sp³-hybridized carbons (Fsp3) is 0.692. The third-order valence-electron chi connectivity index (χ3n) is 2.70. The summed E-state index contributed by atoms with van der Waals surface area (Å²) in [6.45, 7) is 8.38. The molecule has 1 rings (SSSR count). The van der Waals surface area contributed by atoms with Crippen LogP contribution in [0.25, 0.3) is 0 Å². The highest BCUT2D eigenvalue weighted by Gasteiger charge is 2.28. The second kappa shape index (κ2) is 6.78. The zero-order valence-corrected chi connectivity index (χ0v) is 13.4. The van der Waals surface area contributed by atoms with E-state index in [4.69, 9.17) is 4.74 Å². The van der Waals surface area contributed by atoms with Crippen molar-refractivity contribution in [2.75, 3.05) is 20.2 Å². The first-order chi connectivity index (χ1) is 9.27. The lowest BCUT2D eigenvalue weighted by atomic mass is 9.91. The quantitative estimate of drug-likeness (QED) is 0.776. The number of aromatic nitrogens is 2. The summed E-state index contributed by atoms with van der Waals surface area (Å²) in [5.74, 6) is -0.458. The van der Waals surface area contributed by atoms with Crippen molar-refractivity contribution in [3.05, 3.63) is 10.6 Å². The maximum Gasteiger partial charge on any atom is 0.307 e. The Morgan fingerprint density at radius 2 is 2.00 bits per heavy atom. The van der Waals surface area contributed by atoms with Crippen molar-refractivity contribution in [3.8, 4) is 0 Å². The fourth-order valence-electron chi connectivity index (χ4n) is 1.59. The third kappa shape index (κ3) is 4.26. The number of hydrogen-bond acceptors (Lipinski definition) is 6. The second-order valence-corrected chi connectivity index (χ2v) is 6.24. The van der Waals surface area contributed by atoms with Crippen molar-refractivity contribution in [1.29, 1.82) is 0 Å². The molecule has 1 aromatic rings. The number of ether oxygens (including phenoxy) is 1. The van der Waals surface area contributed by atoms with Crippen molar-refractivity contribution in [3.63, 3.8) is 0 Å². The molecule has 6 nitrogen and oxygen atoms in total. The Balaban J connectivity index is 2.71. The van der Waals surface area contributed by atoms with Gasteiger partial charge in [-0.2, -0.15) is 0 Å². The predicted molar refractivity (Wildman–Crippen MR) is 76.8 cm³/mol. The first-order valence-electron chi connectivity index (χ1n) is 6.51. The van der Waals surface area contributed by atoms with Gasteiger partial charge in [-0.25, -0.2) is 0 Å². The number of amides is 1. The summed E-state index contributed by atoms with van der Waals surface area (Å²) in [5.41, 5.74) is 0.454. The molecule has 0 aromatic carbocycles. The van der Waals surface area contributed by atoms with E-state index in [1.54, 1.807) is 14.0 Å². The number of carbonyl (C=O) groups is 2. The lowest BCUT2D eigenvalue weighted by Crippen LogP contribution is -2.30. The summed E-state index contributed by atoms with van der Waals surface area (Å²) >= 11 is 1.09. The van der Waals surface area contributed by atoms with Crippen LogP contribution in [0.4, 0.5) is 0 Å². The number of nitrogens with zero attached hydrogens (tertiary/aromatic N) is 3. The Hall–Kier alpha value is -1.50. The summed E-state index contributed by atoms with van der Waals surface area (Å²) in [6, 6.07) is 0. The number of esters is 1. The van der Waals surface area contributed by atoms with Gasteiger partial charge >= 0.3 is 5.97 Å². The van der Waals surface area contributed by atoms with Crippen molar-refractivity contribution >= 4 is 23.4 Å². The van der Waals surface area contributed by atoms with Crippen LogP contribution in [0.1, 0.15) is 49.5 Å². The molecule has 0 spiro atoms. The van der Waals surface area contributed by atoms with Crippen molar-refractivity contribution in [2.45, 2.75) is 39.5 Å². The molecule has 112 valence electrons. The van der Waals surface area contributed by atoms with Gasteiger partial charge < -0.3 is 9.64 Å². The largest absolute Gasteiger partial charge is 0.466 e. The fourth-order valence-corrected chi connectivity index (χ4v) is 2.46. The molecular formula is C13H21N3O3S. The predicted octanol–water partition coefficient (Wildman–Crippen LogP) is 1.86. The van der Waals surface area contributed by atoms with Gasteiger partial charge in [0.15, 0.2) is 0 Å². The van der Waals surface area contributed by atoms with E-state index in [0.717, 1.165) is 11.5 Å². The van der Waals surface area contributed by atoms with Crippen LogP contribution < -0.4 is 0 Å². The number of hydrogen-bond donors (Lipinski definition) is 0. The second-order valence-electron chi connectivity index (χ2n) is 5.48.